The molecule has 0 spiro atoms. The number of ether oxygens (including phenoxy) is 1. The Morgan fingerprint density at radius 2 is 0.632 bits per heavy atom. The van der Waals surface area contributed by atoms with Crippen LogP contribution in [0.3, 0.4) is 0 Å². The minimum atomic E-state index is -6.85. The van der Waals surface area contributed by atoms with Crippen LogP contribution in [0.25, 0.3) is 32.3 Å². The number of benzene rings is 4. The van der Waals surface area contributed by atoms with E-state index in [1.807, 2.05) is 0 Å². The molecule has 0 aliphatic rings. The minimum absolute atomic E-state index is 0.137. The van der Waals surface area contributed by atoms with E-state index in [4.69, 9.17) is 4.74 Å². The van der Waals surface area contributed by atoms with Crippen molar-refractivity contribution in [2.24, 2.45) is 0 Å². The number of hydrogen-bond acceptors (Lipinski definition) is 10. The molecule has 57 heavy (non-hydrogen) atoms. The van der Waals surface area contributed by atoms with E-state index in [1.54, 1.807) is 0 Å². The Kier molecular flexibility index (Phi) is 11.2. The fourth-order valence-corrected chi connectivity index (χ4v) is 8.97. The molecule has 0 saturated carbocycles. The third kappa shape index (κ3) is 8.95. The van der Waals surface area contributed by atoms with Crippen LogP contribution in [0.1, 0.15) is 0 Å². The normalized spacial score (nSPS) is 15.0. The number of hydrogen-bond donors (Lipinski definition) is 0. The smallest absolute Gasteiger partial charge is 0.425 e. The average Bonchev–Trinajstić information content (AvgIpc) is 3.00. The minimum Gasteiger partial charge on any atom is -0.496 e. The predicted octanol–water partition coefficient (Wildman–Crippen LogP) is 8.19. The van der Waals surface area contributed by atoms with Crippen LogP contribution in [0.5, 0.6) is 5.75 Å². The van der Waals surface area contributed by atoms with Crippen molar-refractivity contribution in [3.63, 3.8) is 0 Å². The number of methoxy groups -OCH3 is 1. The molecular weight excluding hydrogens is 910 g/mol. The van der Waals surface area contributed by atoms with Gasteiger partial charge in [0.25, 0.3) is 48.7 Å². The van der Waals surface area contributed by atoms with Gasteiger partial charge in [0.15, 0.2) is 0 Å². The van der Waals surface area contributed by atoms with Gasteiger partial charge in [-0.25, -0.2) is 12.5 Å². The third-order valence-corrected chi connectivity index (χ3v) is 11.2. The number of rotatable bonds is 10. The zero-order chi connectivity index (χ0) is 44.1. The lowest BCUT2D eigenvalue weighted by Gasteiger charge is -2.25. The van der Waals surface area contributed by atoms with E-state index in [-0.39, 0.29) is 18.2 Å². The van der Waals surface area contributed by atoms with E-state index in [1.165, 1.54) is 0 Å². The maximum atomic E-state index is 13.4. The quantitative estimate of drug-likeness (QED) is 0.0870. The maximum Gasteiger partial charge on any atom is 0.425 e. The summed E-state index contributed by atoms with van der Waals surface area (Å²) in [4.78, 5) is -6.30. The Hall–Kier alpha value is -3.81. The molecule has 0 amide bonds. The fraction of sp³-hybridized carbons (Fsp3) is 0.385. The van der Waals surface area contributed by atoms with Crippen molar-refractivity contribution in [2.75, 3.05) is 7.11 Å². The molecule has 31 heteroatoms. The summed E-state index contributed by atoms with van der Waals surface area (Å²) >= 11 is 0. The van der Waals surface area contributed by atoms with E-state index < -0.39 is 145 Å². The molecule has 10 nitrogen and oxygen atoms in total. The van der Waals surface area contributed by atoms with Gasteiger partial charge in [-0.3, -0.25) is 0 Å². The molecule has 0 aromatic heterocycles. The monoisotopic (exact) mass is 922 g/mol. The topological polar surface area (TPSA) is 139 Å². The molecule has 0 aliphatic heterocycles. The maximum absolute atomic E-state index is 13.4. The first-order valence-electron chi connectivity index (χ1n) is 13.8. The molecule has 4 aromatic carbocycles. The van der Waals surface area contributed by atoms with Gasteiger partial charge in [-0.1, -0.05) is 18.2 Å². The molecule has 4 rings (SSSR count). The molecule has 0 aliphatic carbocycles. The zero-order valence-electron chi connectivity index (χ0n) is 26.3. The summed E-state index contributed by atoms with van der Waals surface area (Å²) in [5.74, 6) is -0.983. The van der Waals surface area contributed by atoms with Gasteiger partial charge in [-0.2, -0.15) is 104 Å². The zero-order valence-corrected chi connectivity index (χ0v) is 28.8. The second-order valence-corrected chi connectivity index (χ2v) is 15.7. The van der Waals surface area contributed by atoms with Gasteiger partial charge in [-0.05, 0) is 12.1 Å². The highest BCUT2D eigenvalue weighted by molar-refractivity contribution is 7.88. The van der Waals surface area contributed by atoms with Crippen LogP contribution in [-0.4, -0.2) is 87.7 Å². The standard InChI is InChI=1S/C26H12F18O10S3/c1-51-12-6-13(55(45,46)52-18(21(27,28)29)22(30,31)32)9-4-5-11-15(57(49,50)54-20(25(39,40)41)26(42,43)44)7-14(10-3-2-8(12)16(9)17(10)11)56(47,48)53-19(23(33,34)35)24(36,37)38/h2-7,18-20H,1H3. The van der Waals surface area contributed by atoms with E-state index >= 15 is 0 Å². The molecule has 0 N–H and O–H groups in total. The van der Waals surface area contributed by atoms with Gasteiger partial charge in [0.1, 0.15) is 20.4 Å². The van der Waals surface area contributed by atoms with Gasteiger partial charge in [0.05, 0.1) is 7.11 Å². The Labute approximate surface area is 303 Å². The van der Waals surface area contributed by atoms with Crippen LogP contribution in [-0.2, 0) is 42.9 Å². The second-order valence-electron chi connectivity index (χ2n) is 11.1. The molecule has 320 valence electrons. The van der Waals surface area contributed by atoms with E-state index in [9.17, 15) is 104 Å². The van der Waals surface area contributed by atoms with Gasteiger partial charge >= 0.3 is 37.1 Å². The van der Waals surface area contributed by atoms with E-state index in [0.29, 0.717) is 19.2 Å². The molecular formula is C26H12F18O10S3. The van der Waals surface area contributed by atoms with Crippen molar-refractivity contribution >= 4 is 62.7 Å². The summed E-state index contributed by atoms with van der Waals surface area (Å²) in [7, 11) is -19.5. The van der Waals surface area contributed by atoms with Crippen molar-refractivity contribution in [2.45, 2.75) is 70.1 Å². The summed E-state index contributed by atoms with van der Waals surface area (Å²) in [6, 6.07) is 0.837. The summed E-state index contributed by atoms with van der Waals surface area (Å²) in [6.45, 7) is 0. The molecule has 0 unspecified atom stereocenters. The highest BCUT2D eigenvalue weighted by Crippen LogP contribution is 2.48. The molecule has 0 fully saturated rings. The van der Waals surface area contributed by atoms with Crippen molar-refractivity contribution < 1.29 is 122 Å². The van der Waals surface area contributed by atoms with Crippen LogP contribution < -0.4 is 4.74 Å². The lowest BCUT2D eigenvalue weighted by atomic mass is 9.93. The van der Waals surface area contributed by atoms with Gasteiger partial charge in [0, 0.05) is 38.4 Å². The van der Waals surface area contributed by atoms with Gasteiger partial charge < -0.3 is 4.74 Å². The largest absolute Gasteiger partial charge is 0.496 e. The Balaban J connectivity index is 2.25. The lowest BCUT2D eigenvalue weighted by Crippen LogP contribution is -2.45. The van der Waals surface area contributed by atoms with E-state index in [2.05, 4.69) is 12.5 Å². The van der Waals surface area contributed by atoms with Crippen molar-refractivity contribution in [3.8, 4) is 5.75 Å². The van der Waals surface area contributed by atoms with Crippen molar-refractivity contribution in [3.05, 3.63) is 36.4 Å². The Morgan fingerprint density at radius 3 is 0.877 bits per heavy atom. The summed E-state index contributed by atoms with van der Waals surface area (Å²) in [5, 5.41) is -7.30. The van der Waals surface area contributed by atoms with Crippen LogP contribution in [0, 0.1) is 0 Å². The molecule has 0 bridgehead atoms. The third-order valence-electron chi connectivity index (χ3n) is 7.23. The first-order valence-corrected chi connectivity index (χ1v) is 18.0. The summed E-state index contributed by atoms with van der Waals surface area (Å²) in [5.41, 5.74) is 0. The lowest BCUT2D eigenvalue weighted by molar-refractivity contribution is -0.300. The molecule has 0 heterocycles. The van der Waals surface area contributed by atoms with Crippen LogP contribution in [0.2, 0.25) is 0 Å². The summed E-state index contributed by atoms with van der Waals surface area (Å²) in [6.07, 6.45) is -55.5. The first kappa shape index (κ1) is 45.9. The molecule has 0 saturated heterocycles. The van der Waals surface area contributed by atoms with Crippen LogP contribution in [0.15, 0.2) is 51.1 Å². The number of alkyl halides is 18. The highest BCUT2D eigenvalue weighted by atomic mass is 32.2. The Morgan fingerprint density at radius 1 is 0.404 bits per heavy atom. The molecule has 0 atom stereocenters. The SMILES string of the molecule is COc1cc(S(=O)(=O)OC(C(F)(F)F)C(F)(F)F)c2ccc3c(S(=O)(=O)OC(C(F)(F)F)C(F)(F)F)cc(S(=O)(=O)OC(C(F)(F)F)C(F)(F)F)c4ccc1c2c43. The van der Waals surface area contributed by atoms with Gasteiger partial charge in [0.2, 0.25) is 0 Å². The Bertz CT molecular complexity index is 2390. The summed E-state index contributed by atoms with van der Waals surface area (Å²) < 4.78 is 334. The second kappa shape index (κ2) is 13.9. The van der Waals surface area contributed by atoms with Crippen LogP contribution in [0.4, 0.5) is 79.0 Å². The van der Waals surface area contributed by atoms with Crippen LogP contribution >= 0.6 is 0 Å². The molecule has 4 aromatic rings. The number of halogens is 18. The van der Waals surface area contributed by atoms with E-state index in [0.717, 1.165) is 0 Å². The fourth-order valence-electron chi connectivity index (χ4n) is 5.07. The average molecular weight is 923 g/mol. The highest BCUT2D eigenvalue weighted by Gasteiger charge is 2.62. The first-order chi connectivity index (χ1) is 25.3. The molecule has 0 radical (unpaired) electrons. The van der Waals surface area contributed by atoms with Crippen molar-refractivity contribution in [1.29, 1.82) is 0 Å². The van der Waals surface area contributed by atoms with Gasteiger partial charge in [-0.15, -0.1) is 0 Å². The predicted molar refractivity (Wildman–Crippen MR) is 149 cm³/mol. The van der Waals surface area contributed by atoms with Crippen molar-refractivity contribution in [1.82, 2.24) is 0 Å².